The molecule has 0 unspecified atom stereocenters. The first-order chi connectivity index (χ1) is 11.3. The van der Waals surface area contributed by atoms with Gasteiger partial charge in [0.05, 0.1) is 21.9 Å². The van der Waals surface area contributed by atoms with E-state index in [1.54, 1.807) is 6.92 Å². The monoisotopic (exact) mass is 352 g/mol. The van der Waals surface area contributed by atoms with Crippen LogP contribution in [0.3, 0.4) is 0 Å². The van der Waals surface area contributed by atoms with Crippen molar-refractivity contribution in [1.29, 1.82) is 0 Å². The van der Waals surface area contributed by atoms with Crippen LogP contribution in [0.25, 0.3) is 0 Å². The minimum Gasteiger partial charge on any atom is -0.469 e. The highest BCUT2D eigenvalue weighted by molar-refractivity contribution is 6.33. The normalized spacial score (nSPS) is 11.6. The van der Waals surface area contributed by atoms with E-state index in [9.17, 15) is 19.7 Å². The molecule has 0 fully saturated rings. The second-order valence-electron chi connectivity index (χ2n) is 4.85. The van der Waals surface area contributed by atoms with Gasteiger partial charge >= 0.3 is 5.97 Å². The van der Waals surface area contributed by atoms with Gasteiger partial charge in [0.2, 0.25) is 0 Å². The van der Waals surface area contributed by atoms with Gasteiger partial charge < -0.3 is 14.5 Å². The number of nitro benzene ring substituents is 1. The molecule has 2 rings (SSSR count). The summed E-state index contributed by atoms with van der Waals surface area (Å²) >= 11 is 5.90. The van der Waals surface area contributed by atoms with Crippen molar-refractivity contribution in [2.24, 2.45) is 0 Å². The van der Waals surface area contributed by atoms with E-state index in [-0.39, 0.29) is 22.0 Å². The summed E-state index contributed by atoms with van der Waals surface area (Å²) in [6, 6.07) is 5.05. The lowest BCUT2D eigenvalue weighted by Gasteiger charge is -2.14. The van der Waals surface area contributed by atoms with Crippen LogP contribution in [-0.4, -0.2) is 22.9 Å². The van der Waals surface area contributed by atoms with Crippen LogP contribution in [0.4, 0.5) is 11.4 Å². The molecule has 0 saturated heterocycles. The van der Waals surface area contributed by atoms with Crippen LogP contribution >= 0.6 is 11.6 Å². The Morgan fingerprint density at radius 1 is 1.38 bits per heavy atom. The number of nitrogens with one attached hydrogen (secondary N) is 1. The molecule has 9 heteroatoms. The van der Waals surface area contributed by atoms with Gasteiger partial charge in [0.25, 0.3) is 11.6 Å². The summed E-state index contributed by atoms with van der Waals surface area (Å²) in [4.78, 5) is 34.2. The molecule has 1 aromatic heterocycles. The Labute approximate surface area is 141 Å². The van der Waals surface area contributed by atoms with Crippen LogP contribution in [0.5, 0.6) is 0 Å². The number of furan rings is 1. The molecule has 0 aliphatic rings. The van der Waals surface area contributed by atoms with Crippen LogP contribution in [-0.2, 0) is 9.53 Å². The van der Waals surface area contributed by atoms with Crippen molar-refractivity contribution in [1.82, 2.24) is 0 Å². The second kappa shape index (κ2) is 7.14. The Morgan fingerprint density at radius 3 is 2.67 bits per heavy atom. The fraction of sp³-hybridized carbons (Fsp3) is 0.200. The van der Waals surface area contributed by atoms with Crippen LogP contribution < -0.4 is 5.32 Å². The van der Waals surface area contributed by atoms with Crippen molar-refractivity contribution in [3.8, 4) is 0 Å². The number of hydrogen-bond donors (Lipinski definition) is 1. The van der Waals surface area contributed by atoms with Gasteiger partial charge in [0.1, 0.15) is 11.3 Å². The number of halogens is 1. The predicted molar refractivity (Wildman–Crippen MR) is 85.1 cm³/mol. The minimum absolute atomic E-state index is 0.0539. The number of non-ortho nitro benzene ring substituents is 1. The smallest absolute Gasteiger partial charge is 0.342 e. The van der Waals surface area contributed by atoms with E-state index in [4.69, 9.17) is 20.8 Å². The Bertz CT molecular complexity index is 801. The molecular weight excluding hydrogens is 340 g/mol. The number of amides is 1. The molecular formula is C15H13ClN2O6. The second-order valence-corrected chi connectivity index (χ2v) is 5.26. The Hall–Kier alpha value is -2.87. The van der Waals surface area contributed by atoms with Crippen molar-refractivity contribution in [2.75, 3.05) is 5.32 Å². The first-order valence-electron chi connectivity index (χ1n) is 6.79. The van der Waals surface area contributed by atoms with Gasteiger partial charge in [0.15, 0.2) is 6.10 Å². The predicted octanol–water partition coefficient (Wildman–Crippen LogP) is 3.33. The van der Waals surface area contributed by atoms with Crippen molar-refractivity contribution >= 4 is 34.9 Å². The molecule has 0 aliphatic heterocycles. The standard InChI is InChI=1S/C15H13ClN2O6/c1-8-11(5-6-23-8)15(20)24-9(2)14(19)17-13-7-10(18(21)22)3-4-12(13)16/h3-7,9H,1-2H3,(H,17,19)/t9-/m1/s1. The molecule has 1 aromatic carbocycles. The zero-order valence-corrected chi connectivity index (χ0v) is 13.5. The molecule has 0 spiro atoms. The topological polar surface area (TPSA) is 112 Å². The number of aryl methyl sites for hydroxylation is 1. The van der Waals surface area contributed by atoms with E-state index < -0.39 is 22.9 Å². The van der Waals surface area contributed by atoms with E-state index >= 15 is 0 Å². The van der Waals surface area contributed by atoms with Crippen molar-refractivity contribution in [3.63, 3.8) is 0 Å². The summed E-state index contributed by atoms with van der Waals surface area (Å²) in [5.74, 6) is -1.02. The van der Waals surface area contributed by atoms with Crippen LogP contribution in [0.2, 0.25) is 5.02 Å². The number of carbonyl (C=O) groups is 2. The lowest BCUT2D eigenvalue weighted by atomic mass is 10.2. The molecule has 0 aliphatic carbocycles. The highest BCUT2D eigenvalue weighted by atomic mass is 35.5. The van der Waals surface area contributed by atoms with Crippen molar-refractivity contribution in [3.05, 3.63) is 57.0 Å². The van der Waals surface area contributed by atoms with E-state index in [1.807, 2.05) is 0 Å². The fourth-order valence-electron chi connectivity index (χ4n) is 1.83. The maximum Gasteiger partial charge on any atom is 0.342 e. The molecule has 0 bridgehead atoms. The van der Waals surface area contributed by atoms with Crippen molar-refractivity contribution in [2.45, 2.75) is 20.0 Å². The number of hydrogen-bond acceptors (Lipinski definition) is 6. The quantitative estimate of drug-likeness (QED) is 0.501. The van der Waals surface area contributed by atoms with E-state index in [1.165, 1.54) is 31.4 Å². The molecule has 0 saturated carbocycles. The third-order valence-electron chi connectivity index (χ3n) is 3.15. The number of esters is 1. The SMILES string of the molecule is Cc1occc1C(=O)O[C@H](C)C(=O)Nc1cc([N+](=O)[O-])ccc1Cl. The number of rotatable bonds is 5. The maximum absolute atomic E-state index is 12.1. The summed E-state index contributed by atoms with van der Waals surface area (Å²) in [5, 5.41) is 13.3. The number of carbonyl (C=O) groups excluding carboxylic acids is 2. The Kier molecular flexibility index (Phi) is 5.20. The molecule has 8 nitrogen and oxygen atoms in total. The highest BCUT2D eigenvalue weighted by Gasteiger charge is 2.22. The van der Waals surface area contributed by atoms with E-state index in [2.05, 4.69) is 5.32 Å². The number of ether oxygens (including phenoxy) is 1. The molecule has 1 amide bonds. The van der Waals surface area contributed by atoms with Gasteiger partial charge in [-0.1, -0.05) is 11.6 Å². The lowest BCUT2D eigenvalue weighted by Crippen LogP contribution is -2.30. The summed E-state index contributed by atoms with van der Waals surface area (Å²) < 4.78 is 10.0. The average molecular weight is 353 g/mol. The van der Waals surface area contributed by atoms with Crippen molar-refractivity contribution < 1.29 is 23.7 Å². The molecule has 2 aromatic rings. The summed E-state index contributed by atoms with van der Waals surface area (Å²) in [5.41, 5.74) is 0.0367. The number of benzene rings is 1. The maximum atomic E-state index is 12.1. The minimum atomic E-state index is -1.14. The third kappa shape index (κ3) is 3.90. The largest absolute Gasteiger partial charge is 0.469 e. The summed E-state index contributed by atoms with van der Waals surface area (Å²) in [6.07, 6.45) is 0.196. The van der Waals surface area contributed by atoms with Gasteiger partial charge in [-0.2, -0.15) is 0 Å². The molecule has 24 heavy (non-hydrogen) atoms. The summed E-state index contributed by atoms with van der Waals surface area (Å²) in [7, 11) is 0. The third-order valence-corrected chi connectivity index (χ3v) is 3.48. The van der Waals surface area contributed by atoms with E-state index in [0.29, 0.717) is 5.76 Å². The molecule has 1 heterocycles. The summed E-state index contributed by atoms with van der Waals surface area (Å²) in [6.45, 7) is 2.96. The van der Waals surface area contributed by atoms with Gasteiger partial charge in [0, 0.05) is 12.1 Å². The molecule has 0 radical (unpaired) electrons. The Balaban J connectivity index is 2.07. The first-order valence-corrected chi connectivity index (χ1v) is 7.17. The molecule has 1 atom stereocenters. The first kappa shape index (κ1) is 17.5. The Morgan fingerprint density at radius 2 is 2.08 bits per heavy atom. The van der Waals surface area contributed by atoms with Crippen LogP contribution in [0.15, 0.2) is 34.9 Å². The zero-order chi connectivity index (χ0) is 17.9. The lowest BCUT2D eigenvalue weighted by molar-refractivity contribution is -0.384. The fourth-order valence-corrected chi connectivity index (χ4v) is 2.00. The number of anilines is 1. The number of nitrogens with zero attached hydrogens (tertiary/aromatic N) is 1. The van der Waals surface area contributed by atoms with Gasteiger partial charge in [-0.15, -0.1) is 0 Å². The average Bonchev–Trinajstić information content (AvgIpc) is 2.95. The van der Waals surface area contributed by atoms with Gasteiger partial charge in [-0.05, 0) is 26.0 Å². The molecule has 1 N–H and O–H groups in total. The number of nitro groups is 1. The van der Waals surface area contributed by atoms with Crippen LogP contribution in [0.1, 0.15) is 23.0 Å². The molecule has 126 valence electrons. The highest BCUT2D eigenvalue weighted by Crippen LogP contribution is 2.27. The van der Waals surface area contributed by atoms with Gasteiger partial charge in [-0.3, -0.25) is 14.9 Å². The zero-order valence-electron chi connectivity index (χ0n) is 12.7. The van der Waals surface area contributed by atoms with Gasteiger partial charge in [-0.25, -0.2) is 4.79 Å². The van der Waals surface area contributed by atoms with Crippen LogP contribution in [0, 0.1) is 17.0 Å². The van der Waals surface area contributed by atoms with E-state index in [0.717, 1.165) is 6.07 Å².